The maximum atomic E-state index is 12.4. The Morgan fingerprint density at radius 2 is 2.00 bits per heavy atom. The number of rotatable bonds is 1. The van der Waals surface area contributed by atoms with Gasteiger partial charge < -0.3 is 4.57 Å². The topological polar surface area (TPSA) is 43.6 Å². The fraction of sp³-hybridized carbons (Fsp3) is 0.222. The maximum Gasteiger partial charge on any atom is 0.434 e. The van der Waals surface area contributed by atoms with E-state index in [2.05, 4.69) is 15.0 Å². The third kappa shape index (κ3) is 1.88. The summed E-state index contributed by atoms with van der Waals surface area (Å²) in [6, 6.07) is 0. The zero-order valence-corrected chi connectivity index (χ0v) is 8.23. The van der Waals surface area contributed by atoms with Gasteiger partial charge in [0.2, 0.25) is 0 Å². The van der Waals surface area contributed by atoms with Gasteiger partial charge in [0, 0.05) is 25.6 Å². The van der Waals surface area contributed by atoms with Crippen molar-refractivity contribution < 1.29 is 13.2 Å². The second-order valence-electron chi connectivity index (χ2n) is 3.15. The summed E-state index contributed by atoms with van der Waals surface area (Å²) in [5, 5.41) is 0. The van der Waals surface area contributed by atoms with Crippen LogP contribution in [-0.2, 0) is 13.2 Å². The molecule has 2 rings (SSSR count). The quantitative estimate of drug-likeness (QED) is 0.748. The Morgan fingerprint density at radius 3 is 2.50 bits per heavy atom. The van der Waals surface area contributed by atoms with Gasteiger partial charge >= 0.3 is 6.18 Å². The lowest BCUT2D eigenvalue weighted by atomic mass is 10.4. The molecule has 0 aliphatic carbocycles. The molecular formula is C9H7F3N4. The summed E-state index contributed by atoms with van der Waals surface area (Å²) in [5.41, 5.74) is -0.629. The predicted octanol–water partition coefficient (Wildman–Crippen LogP) is 1.90. The molecule has 0 radical (unpaired) electrons. The Labute approximate surface area is 88.8 Å². The zero-order valence-electron chi connectivity index (χ0n) is 8.23. The van der Waals surface area contributed by atoms with Crippen LogP contribution in [-0.4, -0.2) is 19.5 Å². The molecule has 2 aromatic heterocycles. The maximum absolute atomic E-state index is 12.4. The summed E-state index contributed by atoms with van der Waals surface area (Å²) >= 11 is 0. The van der Waals surface area contributed by atoms with E-state index < -0.39 is 11.9 Å². The summed E-state index contributed by atoms with van der Waals surface area (Å²) in [4.78, 5) is 11.2. The van der Waals surface area contributed by atoms with E-state index in [1.165, 1.54) is 30.2 Å². The minimum absolute atomic E-state index is 0.139. The summed E-state index contributed by atoms with van der Waals surface area (Å²) in [7, 11) is 1.48. The lowest BCUT2D eigenvalue weighted by Crippen LogP contribution is -2.04. The van der Waals surface area contributed by atoms with Gasteiger partial charge in [0.25, 0.3) is 0 Å². The number of imidazole rings is 1. The highest BCUT2D eigenvalue weighted by Gasteiger charge is 2.34. The van der Waals surface area contributed by atoms with Crippen LogP contribution in [0.15, 0.2) is 24.8 Å². The molecule has 2 heterocycles. The molecule has 0 N–H and O–H groups in total. The number of hydrogen-bond acceptors (Lipinski definition) is 3. The summed E-state index contributed by atoms with van der Waals surface area (Å²) in [6.45, 7) is 0. The van der Waals surface area contributed by atoms with Crippen molar-refractivity contribution in [3.63, 3.8) is 0 Å². The van der Waals surface area contributed by atoms with Gasteiger partial charge in [-0.3, -0.25) is 4.98 Å². The second-order valence-corrected chi connectivity index (χ2v) is 3.15. The molecule has 0 atom stereocenters. The largest absolute Gasteiger partial charge is 0.434 e. The second kappa shape index (κ2) is 3.58. The van der Waals surface area contributed by atoms with Crippen molar-refractivity contribution in [1.82, 2.24) is 19.5 Å². The van der Waals surface area contributed by atoms with Crippen molar-refractivity contribution in [3.8, 4) is 11.5 Å². The summed E-state index contributed by atoms with van der Waals surface area (Å²) < 4.78 is 38.4. The molecule has 16 heavy (non-hydrogen) atoms. The zero-order chi connectivity index (χ0) is 11.8. The Balaban J connectivity index is 2.48. The number of hydrogen-bond donors (Lipinski definition) is 0. The van der Waals surface area contributed by atoms with Crippen molar-refractivity contribution in [2.24, 2.45) is 7.05 Å². The molecule has 0 fully saturated rings. The van der Waals surface area contributed by atoms with Gasteiger partial charge in [-0.15, -0.1) is 0 Å². The number of aryl methyl sites for hydroxylation is 1. The average Bonchev–Trinajstić information content (AvgIpc) is 2.61. The normalized spacial score (nSPS) is 11.8. The molecular weight excluding hydrogens is 221 g/mol. The van der Waals surface area contributed by atoms with E-state index in [1.54, 1.807) is 0 Å². The van der Waals surface area contributed by atoms with Crippen LogP contribution in [0, 0.1) is 0 Å². The van der Waals surface area contributed by atoms with Crippen LogP contribution in [0.3, 0.4) is 0 Å². The smallest absolute Gasteiger partial charge is 0.332 e. The van der Waals surface area contributed by atoms with Crippen molar-refractivity contribution in [1.29, 1.82) is 0 Å². The molecule has 0 saturated heterocycles. The molecule has 0 unspecified atom stereocenters. The molecule has 0 spiro atoms. The van der Waals surface area contributed by atoms with E-state index in [1.807, 2.05) is 0 Å². The first-order valence-electron chi connectivity index (χ1n) is 4.35. The molecule has 0 aliphatic rings. The van der Waals surface area contributed by atoms with E-state index in [-0.39, 0.29) is 5.82 Å². The SMILES string of the molecule is Cn1cc(C(F)(F)F)nc1-c1cnccn1. The summed E-state index contributed by atoms with van der Waals surface area (Å²) in [5.74, 6) is 0.139. The highest BCUT2D eigenvalue weighted by Crippen LogP contribution is 2.29. The van der Waals surface area contributed by atoms with Crippen molar-refractivity contribution >= 4 is 0 Å². The van der Waals surface area contributed by atoms with Gasteiger partial charge in [-0.2, -0.15) is 13.2 Å². The number of nitrogens with zero attached hydrogens (tertiary/aromatic N) is 4. The van der Waals surface area contributed by atoms with Crippen LogP contribution in [0.2, 0.25) is 0 Å². The Bertz CT molecular complexity index is 489. The first kappa shape index (κ1) is 10.6. The van der Waals surface area contributed by atoms with Crippen molar-refractivity contribution in [2.45, 2.75) is 6.18 Å². The fourth-order valence-electron chi connectivity index (χ4n) is 1.26. The van der Waals surface area contributed by atoms with Gasteiger partial charge in [0.05, 0.1) is 6.20 Å². The van der Waals surface area contributed by atoms with E-state index in [4.69, 9.17) is 0 Å². The molecule has 7 heteroatoms. The average molecular weight is 228 g/mol. The van der Waals surface area contributed by atoms with Crippen LogP contribution in [0.1, 0.15) is 5.69 Å². The van der Waals surface area contributed by atoms with Gasteiger partial charge in [-0.1, -0.05) is 0 Å². The van der Waals surface area contributed by atoms with Gasteiger partial charge in [-0.25, -0.2) is 9.97 Å². The fourth-order valence-corrected chi connectivity index (χ4v) is 1.26. The van der Waals surface area contributed by atoms with Crippen LogP contribution in [0.25, 0.3) is 11.5 Å². The predicted molar refractivity (Wildman–Crippen MR) is 49.2 cm³/mol. The lowest BCUT2D eigenvalue weighted by Gasteiger charge is -1.99. The van der Waals surface area contributed by atoms with Gasteiger partial charge in [-0.05, 0) is 0 Å². The number of alkyl halides is 3. The first-order chi connectivity index (χ1) is 7.48. The highest BCUT2D eigenvalue weighted by atomic mass is 19.4. The number of aromatic nitrogens is 4. The first-order valence-corrected chi connectivity index (χ1v) is 4.35. The Kier molecular flexibility index (Phi) is 2.37. The Hall–Kier alpha value is -1.92. The standard InChI is InChI=1S/C9H7F3N4/c1-16-5-7(9(10,11)12)15-8(16)6-4-13-2-3-14-6/h2-5H,1H3. The van der Waals surface area contributed by atoms with Crippen LogP contribution >= 0.6 is 0 Å². The molecule has 2 aromatic rings. The van der Waals surface area contributed by atoms with E-state index in [0.29, 0.717) is 5.69 Å². The molecule has 0 amide bonds. The molecule has 0 aromatic carbocycles. The van der Waals surface area contributed by atoms with E-state index in [9.17, 15) is 13.2 Å². The molecule has 84 valence electrons. The van der Waals surface area contributed by atoms with Gasteiger partial charge in [0.15, 0.2) is 11.5 Å². The van der Waals surface area contributed by atoms with E-state index >= 15 is 0 Å². The minimum atomic E-state index is -4.45. The van der Waals surface area contributed by atoms with E-state index in [0.717, 1.165) is 6.20 Å². The molecule has 0 bridgehead atoms. The number of halogens is 3. The third-order valence-electron chi connectivity index (χ3n) is 1.96. The highest BCUT2D eigenvalue weighted by molar-refractivity contribution is 5.48. The van der Waals surface area contributed by atoms with Gasteiger partial charge in [0.1, 0.15) is 5.69 Å². The third-order valence-corrected chi connectivity index (χ3v) is 1.96. The summed E-state index contributed by atoms with van der Waals surface area (Å²) in [6.07, 6.45) is 0.680. The van der Waals surface area contributed by atoms with Crippen LogP contribution in [0.4, 0.5) is 13.2 Å². The van der Waals surface area contributed by atoms with Crippen LogP contribution < -0.4 is 0 Å². The van der Waals surface area contributed by atoms with Crippen LogP contribution in [0.5, 0.6) is 0 Å². The molecule has 4 nitrogen and oxygen atoms in total. The minimum Gasteiger partial charge on any atom is -0.332 e. The van der Waals surface area contributed by atoms with Crippen molar-refractivity contribution in [3.05, 3.63) is 30.5 Å². The Morgan fingerprint density at radius 1 is 1.25 bits per heavy atom. The molecule has 0 saturated carbocycles. The van der Waals surface area contributed by atoms with Crippen molar-refractivity contribution in [2.75, 3.05) is 0 Å². The monoisotopic (exact) mass is 228 g/mol. The lowest BCUT2D eigenvalue weighted by molar-refractivity contribution is -0.140. The molecule has 0 aliphatic heterocycles.